The summed E-state index contributed by atoms with van der Waals surface area (Å²) in [5.74, 6) is 0.976. The Balaban J connectivity index is 1.36. The Morgan fingerprint density at radius 2 is 1.87 bits per heavy atom. The Hall–Kier alpha value is -2.89. The fourth-order valence-electron chi connectivity index (χ4n) is 4.53. The van der Waals surface area contributed by atoms with Crippen LogP contribution >= 0.6 is 0 Å². The minimum Gasteiger partial charge on any atom is -0.357 e. The first-order valence-electron chi connectivity index (χ1n) is 10.9. The Morgan fingerprint density at radius 1 is 1.07 bits per heavy atom. The van der Waals surface area contributed by atoms with Gasteiger partial charge in [0.15, 0.2) is 0 Å². The van der Waals surface area contributed by atoms with Crippen LogP contribution in [0.15, 0.2) is 42.6 Å². The number of piperidine rings is 1. The van der Waals surface area contributed by atoms with Gasteiger partial charge in [0.05, 0.1) is 12.5 Å². The molecule has 0 spiro atoms. The first-order chi connectivity index (χ1) is 14.6. The number of anilines is 1. The largest absolute Gasteiger partial charge is 0.357 e. The third-order valence-corrected chi connectivity index (χ3v) is 6.17. The lowest BCUT2D eigenvalue weighted by Gasteiger charge is -2.36. The number of rotatable bonds is 5. The van der Waals surface area contributed by atoms with Crippen molar-refractivity contribution in [1.29, 1.82) is 0 Å². The van der Waals surface area contributed by atoms with Crippen molar-refractivity contribution in [2.45, 2.75) is 51.6 Å². The number of nitrogens with one attached hydrogen (secondary N) is 1. The van der Waals surface area contributed by atoms with Gasteiger partial charge in [0.1, 0.15) is 5.82 Å². The van der Waals surface area contributed by atoms with Gasteiger partial charge < -0.3 is 15.1 Å². The summed E-state index contributed by atoms with van der Waals surface area (Å²) < 4.78 is 0. The average molecular weight is 407 g/mol. The molecule has 0 bridgehead atoms. The van der Waals surface area contributed by atoms with Crippen LogP contribution in [0.2, 0.25) is 0 Å². The van der Waals surface area contributed by atoms with Crippen LogP contribution in [0.5, 0.6) is 0 Å². The molecule has 4 rings (SSSR count). The fourth-order valence-corrected chi connectivity index (χ4v) is 4.53. The topological polar surface area (TPSA) is 65.5 Å². The summed E-state index contributed by atoms with van der Waals surface area (Å²) >= 11 is 0. The standard InChI is InChI=1S/C24H30N4O2/c1-18(29)28-14-11-20-7-3-4-8-21(20)22(28)15-24(30)26-17-19-9-10-23(25-16-19)27-12-5-2-6-13-27/h3-4,7-10,16,22H,2,5-6,11-15,17H2,1H3,(H,26,30). The molecule has 1 saturated heterocycles. The van der Waals surface area contributed by atoms with Gasteiger partial charge in [-0.3, -0.25) is 9.59 Å². The zero-order chi connectivity index (χ0) is 20.9. The van der Waals surface area contributed by atoms with Crippen molar-refractivity contribution in [3.63, 3.8) is 0 Å². The molecule has 0 aliphatic carbocycles. The highest BCUT2D eigenvalue weighted by Crippen LogP contribution is 2.32. The number of pyridine rings is 1. The predicted octanol–water partition coefficient (Wildman–Crippen LogP) is 3.22. The van der Waals surface area contributed by atoms with Gasteiger partial charge in [0, 0.05) is 39.3 Å². The molecule has 2 aromatic rings. The van der Waals surface area contributed by atoms with E-state index >= 15 is 0 Å². The lowest BCUT2D eigenvalue weighted by atomic mass is 9.90. The summed E-state index contributed by atoms with van der Waals surface area (Å²) in [5, 5.41) is 3.01. The number of carbonyl (C=O) groups excluding carboxylic acids is 2. The third-order valence-electron chi connectivity index (χ3n) is 6.17. The SMILES string of the molecule is CC(=O)N1CCc2ccccc2C1CC(=O)NCc1ccc(N2CCCCC2)nc1. The number of hydrogen-bond acceptors (Lipinski definition) is 4. The number of fused-ring (bicyclic) bond motifs is 1. The molecule has 0 radical (unpaired) electrons. The van der Waals surface area contributed by atoms with E-state index in [0.717, 1.165) is 36.5 Å². The highest BCUT2D eigenvalue weighted by Gasteiger charge is 2.30. The van der Waals surface area contributed by atoms with E-state index in [1.54, 1.807) is 6.92 Å². The summed E-state index contributed by atoms with van der Waals surface area (Å²) in [4.78, 5) is 33.5. The lowest BCUT2D eigenvalue weighted by Crippen LogP contribution is -2.41. The molecular weight excluding hydrogens is 376 g/mol. The smallest absolute Gasteiger partial charge is 0.222 e. The molecule has 6 nitrogen and oxygen atoms in total. The van der Waals surface area contributed by atoms with Gasteiger partial charge in [0.25, 0.3) is 0 Å². The Morgan fingerprint density at radius 3 is 2.60 bits per heavy atom. The van der Waals surface area contributed by atoms with Crippen molar-refractivity contribution < 1.29 is 9.59 Å². The van der Waals surface area contributed by atoms with Crippen LogP contribution in [0.4, 0.5) is 5.82 Å². The predicted molar refractivity (Wildman–Crippen MR) is 117 cm³/mol. The van der Waals surface area contributed by atoms with Gasteiger partial charge in [-0.25, -0.2) is 4.98 Å². The monoisotopic (exact) mass is 406 g/mol. The first kappa shape index (κ1) is 20.4. The van der Waals surface area contributed by atoms with Crippen LogP contribution in [0.3, 0.4) is 0 Å². The van der Waals surface area contributed by atoms with Crippen molar-refractivity contribution in [2.24, 2.45) is 0 Å². The minimum atomic E-state index is -0.202. The fraction of sp³-hybridized carbons (Fsp3) is 0.458. The van der Waals surface area contributed by atoms with E-state index in [1.165, 1.54) is 24.8 Å². The Kier molecular flexibility index (Phi) is 6.31. The maximum Gasteiger partial charge on any atom is 0.222 e. The zero-order valence-corrected chi connectivity index (χ0v) is 17.6. The van der Waals surface area contributed by atoms with Crippen LogP contribution in [0.25, 0.3) is 0 Å². The molecule has 1 aromatic heterocycles. The van der Waals surface area contributed by atoms with Crippen LogP contribution in [0.1, 0.15) is 55.3 Å². The Labute approximate surface area is 178 Å². The van der Waals surface area contributed by atoms with E-state index in [2.05, 4.69) is 21.3 Å². The van der Waals surface area contributed by atoms with Crippen molar-refractivity contribution in [1.82, 2.24) is 15.2 Å². The van der Waals surface area contributed by atoms with E-state index in [1.807, 2.05) is 41.4 Å². The summed E-state index contributed by atoms with van der Waals surface area (Å²) in [5.41, 5.74) is 3.29. The van der Waals surface area contributed by atoms with Crippen molar-refractivity contribution in [2.75, 3.05) is 24.5 Å². The first-order valence-corrected chi connectivity index (χ1v) is 10.9. The molecule has 1 aromatic carbocycles. The molecule has 1 atom stereocenters. The zero-order valence-electron chi connectivity index (χ0n) is 17.6. The van der Waals surface area contributed by atoms with E-state index in [-0.39, 0.29) is 24.3 Å². The molecule has 1 fully saturated rings. The maximum atomic E-state index is 12.7. The molecule has 2 amide bonds. The van der Waals surface area contributed by atoms with Crippen LogP contribution in [-0.2, 0) is 22.6 Å². The molecular formula is C24H30N4O2. The van der Waals surface area contributed by atoms with Gasteiger partial charge in [-0.2, -0.15) is 0 Å². The van der Waals surface area contributed by atoms with E-state index in [0.29, 0.717) is 13.1 Å². The second-order valence-electron chi connectivity index (χ2n) is 8.23. The second-order valence-corrected chi connectivity index (χ2v) is 8.23. The van der Waals surface area contributed by atoms with Crippen molar-refractivity contribution in [3.8, 4) is 0 Å². The second kappa shape index (κ2) is 9.28. The molecule has 2 aliphatic heterocycles. The summed E-state index contributed by atoms with van der Waals surface area (Å²) in [6.45, 7) is 4.82. The van der Waals surface area contributed by atoms with Crippen molar-refractivity contribution in [3.05, 3.63) is 59.3 Å². The molecule has 0 saturated carbocycles. The highest BCUT2D eigenvalue weighted by molar-refractivity contribution is 5.79. The van der Waals surface area contributed by atoms with Crippen LogP contribution in [-0.4, -0.2) is 41.3 Å². The number of amides is 2. The number of carbonyl (C=O) groups is 2. The highest BCUT2D eigenvalue weighted by atomic mass is 16.2. The number of nitrogens with zero attached hydrogens (tertiary/aromatic N) is 3. The summed E-state index contributed by atoms with van der Waals surface area (Å²) in [7, 11) is 0. The summed E-state index contributed by atoms with van der Waals surface area (Å²) in [6.07, 6.45) is 6.70. The van der Waals surface area contributed by atoms with Gasteiger partial charge in [-0.15, -0.1) is 0 Å². The molecule has 1 N–H and O–H groups in total. The number of benzene rings is 1. The van der Waals surface area contributed by atoms with Crippen LogP contribution in [0, 0.1) is 0 Å². The minimum absolute atomic E-state index is 0.0137. The molecule has 3 heterocycles. The van der Waals surface area contributed by atoms with Crippen LogP contribution < -0.4 is 10.2 Å². The quantitative estimate of drug-likeness (QED) is 0.828. The van der Waals surface area contributed by atoms with Gasteiger partial charge in [0.2, 0.25) is 11.8 Å². The van der Waals surface area contributed by atoms with Crippen molar-refractivity contribution >= 4 is 17.6 Å². The lowest BCUT2D eigenvalue weighted by molar-refractivity contribution is -0.133. The molecule has 1 unspecified atom stereocenters. The molecule has 158 valence electrons. The molecule has 6 heteroatoms. The van der Waals surface area contributed by atoms with E-state index in [4.69, 9.17) is 0 Å². The van der Waals surface area contributed by atoms with E-state index in [9.17, 15) is 9.59 Å². The third kappa shape index (κ3) is 4.64. The maximum absolute atomic E-state index is 12.7. The van der Waals surface area contributed by atoms with E-state index < -0.39 is 0 Å². The molecule has 30 heavy (non-hydrogen) atoms. The molecule has 2 aliphatic rings. The number of hydrogen-bond donors (Lipinski definition) is 1. The van der Waals surface area contributed by atoms with Gasteiger partial charge in [-0.05, 0) is 48.4 Å². The Bertz CT molecular complexity index is 890. The van der Waals surface area contributed by atoms with Gasteiger partial charge in [-0.1, -0.05) is 30.3 Å². The number of aromatic nitrogens is 1. The van der Waals surface area contributed by atoms with Gasteiger partial charge >= 0.3 is 0 Å². The average Bonchev–Trinajstić information content (AvgIpc) is 2.78. The summed E-state index contributed by atoms with van der Waals surface area (Å²) in [6, 6.07) is 12.0. The normalized spacial score (nSPS) is 18.6.